The number of rotatable bonds is 7. The molecule has 1 atom stereocenters. The minimum Gasteiger partial charge on any atom is -0.394 e. The van der Waals surface area contributed by atoms with Gasteiger partial charge in [0.25, 0.3) is 0 Å². The quantitative estimate of drug-likeness (QED) is 0.542. The number of carbonyl (C=O) groups is 1. The summed E-state index contributed by atoms with van der Waals surface area (Å²) < 4.78 is 2.46. The number of amides is 1. The van der Waals surface area contributed by atoms with Gasteiger partial charge in [-0.05, 0) is 24.3 Å². The predicted molar refractivity (Wildman–Crippen MR) is 104 cm³/mol. The molecule has 1 amide bonds. The van der Waals surface area contributed by atoms with Crippen LogP contribution in [0.3, 0.4) is 0 Å². The van der Waals surface area contributed by atoms with E-state index in [0.717, 1.165) is 0 Å². The van der Waals surface area contributed by atoms with Crippen molar-refractivity contribution >= 4 is 17.5 Å². The number of hydrogen-bond donors (Lipinski definition) is 3. The zero-order valence-electron chi connectivity index (χ0n) is 14.8. The largest absolute Gasteiger partial charge is 0.394 e. The van der Waals surface area contributed by atoms with Crippen LogP contribution in [-0.4, -0.2) is 49.7 Å². The summed E-state index contributed by atoms with van der Waals surface area (Å²) in [5.41, 5.74) is 0.705. The van der Waals surface area contributed by atoms with Gasteiger partial charge in [-0.3, -0.25) is 9.36 Å². The van der Waals surface area contributed by atoms with Crippen LogP contribution < -0.4 is 11.0 Å². The Morgan fingerprint density at radius 3 is 2.46 bits per heavy atom. The van der Waals surface area contributed by atoms with Crippen molar-refractivity contribution in [2.24, 2.45) is 0 Å². The van der Waals surface area contributed by atoms with Crippen LogP contribution in [0.1, 0.15) is 0 Å². The third kappa shape index (κ3) is 4.48. The Hall–Kier alpha value is -2.94. The second kappa shape index (κ2) is 8.83. The Labute approximate surface area is 165 Å². The van der Waals surface area contributed by atoms with Gasteiger partial charge in [0.2, 0.25) is 5.91 Å². The molecule has 28 heavy (non-hydrogen) atoms. The van der Waals surface area contributed by atoms with Crippen LogP contribution in [0.15, 0.2) is 59.4 Å². The van der Waals surface area contributed by atoms with Gasteiger partial charge in [-0.15, -0.1) is 5.10 Å². The highest BCUT2D eigenvalue weighted by Gasteiger charge is 2.18. The van der Waals surface area contributed by atoms with E-state index >= 15 is 0 Å². The van der Waals surface area contributed by atoms with E-state index in [1.54, 1.807) is 36.4 Å². The van der Waals surface area contributed by atoms with Crippen LogP contribution in [0.25, 0.3) is 17.1 Å². The molecule has 0 saturated carbocycles. The predicted octanol–water partition coefficient (Wildman–Crippen LogP) is 0.824. The zero-order valence-corrected chi connectivity index (χ0v) is 15.6. The fourth-order valence-corrected chi connectivity index (χ4v) is 2.71. The molecule has 0 fully saturated rings. The van der Waals surface area contributed by atoms with Gasteiger partial charge in [0.1, 0.15) is 6.54 Å². The average Bonchev–Trinajstić information content (AvgIpc) is 3.03. The fourth-order valence-electron chi connectivity index (χ4n) is 2.59. The number of aromatic nitrogens is 3. The number of hydrogen-bond acceptors (Lipinski definition) is 5. The van der Waals surface area contributed by atoms with E-state index < -0.39 is 24.3 Å². The molecule has 146 valence electrons. The third-order valence-electron chi connectivity index (χ3n) is 4.01. The smallest absolute Gasteiger partial charge is 0.351 e. The third-order valence-corrected chi connectivity index (χ3v) is 4.26. The van der Waals surface area contributed by atoms with Gasteiger partial charge < -0.3 is 15.5 Å². The lowest BCUT2D eigenvalue weighted by Crippen LogP contribution is -2.38. The SMILES string of the molecule is O=C(Cn1c(-c2ccccc2)nn(-c2ccc(Cl)cc2)c1=O)NC[C@@H](O)CO. The Morgan fingerprint density at radius 2 is 1.82 bits per heavy atom. The van der Waals surface area contributed by atoms with Crippen molar-refractivity contribution < 1.29 is 15.0 Å². The number of carbonyl (C=O) groups excluding carboxylic acids is 1. The van der Waals surface area contributed by atoms with Gasteiger partial charge in [-0.1, -0.05) is 41.9 Å². The van der Waals surface area contributed by atoms with Gasteiger partial charge in [0.05, 0.1) is 18.4 Å². The second-order valence-corrected chi connectivity index (χ2v) is 6.52. The number of halogens is 1. The summed E-state index contributed by atoms with van der Waals surface area (Å²) in [6, 6.07) is 15.6. The molecule has 0 unspecified atom stereocenters. The van der Waals surface area contributed by atoms with Crippen LogP contribution in [0, 0.1) is 0 Å². The lowest BCUT2D eigenvalue weighted by molar-refractivity contribution is -0.122. The molecule has 0 spiro atoms. The second-order valence-electron chi connectivity index (χ2n) is 6.09. The van der Waals surface area contributed by atoms with Crippen molar-refractivity contribution in [2.45, 2.75) is 12.6 Å². The van der Waals surface area contributed by atoms with Gasteiger partial charge in [0, 0.05) is 17.1 Å². The lowest BCUT2D eigenvalue weighted by atomic mass is 10.2. The first-order valence-electron chi connectivity index (χ1n) is 8.56. The minimum absolute atomic E-state index is 0.115. The molecular formula is C19H19ClN4O4. The number of aliphatic hydroxyl groups excluding tert-OH is 2. The van der Waals surface area contributed by atoms with Crippen molar-refractivity contribution in [1.29, 1.82) is 0 Å². The fraction of sp³-hybridized carbons (Fsp3) is 0.211. The summed E-state index contributed by atoms with van der Waals surface area (Å²) in [4.78, 5) is 25.2. The molecular weight excluding hydrogens is 384 g/mol. The van der Waals surface area contributed by atoms with E-state index in [1.807, 2.05) is 18.2 Å². The summed E-state index contributed by atoms with van der Waals surface area (Å²) in [7, 11) is 0. The number of nitrogens with one attached hydrogen (secondary N) is 1. The first-order valence-corrected chi connectivity index (χ1v) is 8.94. The first-order chi connectivity index (χ1) is 13.5. The van der Waals surface area contributed by atoms with Gasteiger partial charge in [-0.2, -0.15) is 4.68 Å². The number of benzene rings is 2. The molecule has 9 heteroatoms. The molecule has 0 bridgehead atoms. The summed E-state index contributed by atoms with van der Waals surface area (Å²) in [5, 5.41) is 25.6. The lowest BCUT2D eigenvalue weighted by Gasteiger charge is -2.10. The topological polar surface area (TPSA) is 109 Å². The molecule has 3 N–H and O–H groups in total. The molecule has 2 aromatic carbocycles. The molecule has 0 radical (unpaired) electrons. The summed E-state index contributed by atoms with van der Waals surface area (Å²) in [5.74, 6) is -0.152. The molecule has 0 aliphatic carbocycles. The van der Waals surface area contributed by atoms with Crippen LogP contribution >= 0.6 is 11.6 Å². The number of aliphatic hydroxyl groups is 2. The van der Waals surface area contributed by atoms with Crippen molar-refractivity contribution in [2.75, 3.05) is 13.2 Å². The monoisotopic (exact) mass is 402 g/mol. The molecule has 0 aliphatic heterocycles. The van der Waals surface area contributed by atoms with E-state index in [-0.39, 0.29) is 13.1 Å². The minimum atomic E-state index is -1.06. The van der Waals surface area contributed by atoms with Crippen LogP contribution in [0.5, 0.6) is 0 Å². The molecule has 3 rings (SSSR count). The zero-order chi connectivity index (χ0) is 20.1. The summed E-state index contributed by atoms with van der Waals surface area (Å²) >= 11 is 5.91. The van der Waals surface area contributed by atoms with Crippen LogP contribution in [0.4, 0.5) is 0 Å². The Morgan fingerprint density at radius 1 is 1.14 bits per heavy atom. The number of nitrogens with zero attached hydrogens (tertiary/aromatic N) is 3. The van der Waals surface area contributed by atoms with Crippen molar-refractivity contribution in [3.05, 3.63) is 70.1 Å². The summed E-state index contributed by atoms with van der Waals surface area (Å²) in [6.07, 6.45) is -1.06. The first kappa shape index (κ1) is 19.8. The van der Waals surface area contributed by atoms with Crippen LogP contribution in [-0.2, 0) is 11.3 Å². The van der Waals surface area contributed by atoms with Gasteiger partial charge in [0.15, 0.2) is 5.82 Å². The molecule has 3 aromatic rings. The molecule has 1 heterocycles. The maximum Gasteiger partial charge on any atom is 0.351 e. The molecule has 8 nitrogen and oxygen atoms in total. The van der Waals surface area contributed by atoms with Crippen molar-refractivity contribution in [3.8, 4) is 17.1 Å². The highest BCUT2D eigenvalue weighted by molar-refractivity contribution is 6.30. The average molecular weight is 403 g/mol. The van der Waals surface area contributed by atoms with E-state index in [0.29, 0.717) is 22.1 Å². The Bertz CT molecular complexity index is 999. The summed E-state index contributed by atoms with van der Waals surface area (Å²) in [6.45, 7) is -0.866. The van der Waals surface area contributed by atoms with E-state index in [2.05, 4.69) is 10.4 Å². The Kier molecular flexibility index (Phi) is 6.25. The highest BCUT2D eigenvalue weighted by Crippen LogP contribution is 2.17. The van der Waals surface area contributed by atoms with Crippen molar-refractivity contribution in [1.82, 2.24) is 19.7 Å². The normalized spacial score (nSPS) is 12.0. The van der Waals surface area contributed by atoms with Gasteiger partial charge >= 0.3 is 5.69 Å². The maximum absolute atomic E-state index is 12.9. The Balaban J connectivity index is 1.98. The highest BCUT2D eigenvalue weighted by atomic mass is 35.5. The van der Waals surface area contributed by atoms with Gasteiger partial charge in [-0.25, -0.2) is 4.79 Å². The standard InChI is InChI=1S/C19H19ClN4O4/c20-14-6-8-15(9-7-14)24-19(28)23(11-17(27)21-10-16(26)12-25)18(22-24)13-4-2-1-3-5-13/h1-9,16,25-26H,10-12H2,(H,21,27)/t16-/m1/s1. The van der Waals surface area contributed by atoms with Crippen LogP contribution in [0.2, 0.25) is 5.02 Å². The molecule has 1 aromatic heterocycles. The molecule has 0 saturated heterocycles. The maximum atomic E-state index is 12.9. The van der Waals surface area contributed by atoms with E-state index in [1.165, 1.54) is 9.25 Å². The molecule has 0 aliphatic rings. The van der Waals surface area contributed by atoms with E-state index in [4.69, 9.17) is 16.7 Å². The van der Waals surface area contributed by atoms with Crippen molar-refractivity contribution in [3.63, 3.8) is 0 Å². The van der Waals surface area contributed by atoms with E-state index in [9.17, 15) is 14.7 Å².